The van der Waals surface area contributed by atoms with Gasteiger partial charge >= 0.3 is 0 Å². The maximum absolute atomic E-state index is 11.2. The van der Waals surface area contributed by atoms with Crippen LogP contribution in [-0.4, -0.2) is 31.6 Å². The average molecular weight is 183 g/mol. The monoisotopic (exact) mass is 183 g/mol. The Kier molecular flexibility index (Phi) is 1.58. The van der Waals surface area contributed by atoms with Crippen molar-refractivity contribution < 1.29 is 0 Å². The molecular formula is C5H5N5OS. The topological polar surface area (TPSA) is 87.3 Å². The summed E-state index contributed by atoms with van der Waals surface area (Å²) in [5.41, 5.74) is 0.328. The van der Waals surface area contributed by atoms with Crippen molar-refractivity contribution in [1.82, 2.24) is 25.4 Å². The van der Waals surface area contributed by atoms with E-state index in [-0.39, 0.29) is 11.1 Å². The van der Waals surface area contributed by atoms with Gasteiger partial charge < -0.3 is 0 Å². The molecule has 0 aromatic carbocycles. The number of hydrogen-bond donors (Lipinski definition) is 2. The van der Waals surface area contributed by atoms with Crippen LogP contribution >= 0.6 is 11.8 Å². The van der Waals surface area contributed by atoms with Crippen molar-refractivity contribution in [2.24, 2.45) is 0 Å². The molecule has 0 saturated carbocycles. The van der Waals surface area contributed by atoms with Crippen molar-refractivity contribution in [1.29, 1.82) is 0 Å². The summed E-state index contributed by atoms with van der Waals surface area (Å²) in [7, 11) is 0. The molecule has 7 heteroatoms. The zero-order valence-corrected chi connectivity index (χ0v) is 6.97. The van der Waals surface area contributed by atoms with Gasteiger partial charge in [0, 0.05) is 0 Å². The first-order valence-electron chi connectivity index (χ1n) is 3.16. The van der Waals surface area contributed by atoms with Gasteiger partial charge in [0.15, 0.2) is 10.7 Å². The number of hydrogen-bond acceptors (Lipinski definition) is 5. The predicted molar refractivity (Wildman–Crippen MR) is 44.1 cm³/mol. The Morgan fingerprint density at radius 3 is 3.00 bits per heavy atom. The van der Waals surface area contributed by atoms with Gasteiger partial charge in [0.25, 0.3) is 5.56 Å². The second-order valence-corrected chi connectivity index (χ2v) is 2.87. The Labute approximate surface area is 70.8 Å². The second kappa shape index (κ2) is 2.59. The van der Waals surface area contributed by atoms with E-state index in [1.807, 2.05) is 6.26 Å². The van der Waals surface area contributed by atoms with Crippen LogP contribution in [0.4, 0.5) is 0 Å². The fraction of sp³-hybridized carbons (Fsp3) is 0.200. The van der Waals surface area contributed by atoms with E-state index in [4.69, 9.17) is 0 Å². The molecule has 2 aromatic rings. The van der Waals surface area contributed by atoms with Crippen LogP contribution in [0.5, 0.6) is 0 Å². The van der Waals surface area contributed by atoms with E-state index in [9.17, 15) is 4.79 Å². The van der Waals surface area contributed by atoms with Gasteiger partial charge in [-0.1, -0.05) is 11.8 Å². The van der Waals surface area contributed by atoms with Gasteiger partial charge in [-0.05, 0) is 6.26 Å². The summed E-state index contributed by atoms with van der Waals surface area (Å²) in [6.07, 6.45) is 1.82. The Balaban J connectivity index is 2.84. The molecule has 0 fully saturated rings. The van der Waals surface area contributed by atoms with Gasteiger partial charge in [-0.15, -0.1) is 10.2 Å². The number of nitrogens with one attached hydrogen (secondary N) is 2. The molecular weight excluding hydrogens is 178 g/mol. The SMILES string of the molecule is CSc1nc2n[nH]nc2c(=O)[nH]1. The number of rotatable bonds is 1. The summed E-state index contributed by atoms with van der Waals surface area (Å²) in [4.78, 5) is 17.8. The molecule has 0 amide bonds. The molecule has 0 aliphatic heterocycles. The lowest BCUT2D eigenvalue weighted by atomic mass is 10.6. The maximum Gasteiger partial charge on any atom is 0.281 e. The minimum absolute atomic E-state index is 0.243. The number of H-pyrrole nitrogens is 2. The van der Waals surface area contributed by atoms with Crippen LogP contribution in [0, 0.1) is 0 Å². The van der Waals surface area contributed by atoms with Gasteiger partial charge in [-0.25, -0.2) is 4.98 Å². The van der Waals surface area contributed by atoms with Crippen LogP contribution in [0.3, 0.4) is 0 Å². The number of fused-ring (bicyclic) bond motifs is 1. The zero-order chi connectivity index (χ0) is 8.55. The first-order valence-corrected chi connectivity index (χ1v) is 4.38. The largest absolute Gasteiger partial charge is 0.299 e. The molecule has 0 unspecified atom stereocenters. The van der Waals surface area contributed by atoms with Crippen LogP contribution in [0.15, 0.2) is 9.95 Å². The molecule has 62 valence electrons. The summed E-state index contributed by atoms with van der Waals surface area (Å²) >= 11 is 1.35. The van der Waals surface area contributed by atoms with E-state index in [0.29, 0.717) is 10.8 Å². The van der Waals surface area contributed by atoms with Gasteiger partial charge in [0.2, 0.25) is 5.65 Å². The molecule has 2 aromatic heterocycles. The maximum atomic E-state index is 11.2. The lowest BCUT2D eigenvalue weighted by Gasteiger charge is -1.91. The Hall–Kier alpha value is -1.37. The highest BCUT2D eigenvalue weighted by Gasteiger charge is 2.05. The first-order chi connectivity index (χ1) is 5.81. The van der Waals surface area contributed by atoms with Crippen molar-refractivity contribution in [3.63, 3.8) is 0 Å². The number of aromatic nitrogens is 5. The van der Waals surface area contributed by atoms with E-state index >= 15 is 0 Å². The number of thioether (sulfide) groups is 1. The smallest absolute Gasteiger partial charge is 0.281 e. The molecule has 0 aliphatic rings. The quantitative estimate of drug-likeness (QED) is 0.470. The fourth-order valence-corrected chi connectivity index (χ4v) is 1.21. The van der Waals surface area contributed by atoms with E-state index in [0.717, 1.165) is 0 Å². The van der Waals surface area contributed by atoms with Crippen LogP contribution in [-0.2, 0) is 0 Å². The van der Waals surface area contributed by atoms with E-state index in [1.54, 1.807) is 0 Å². The number of nitrogens with zero attached hydrogens (tertiary/aromatic N) is 3. The van der Waals surface area contributed by atoms with Gasteiger partial charge in [-0.3, -0.25) is 9.78 Å². The molecule has 2 rings (SSSR count). The summed E-state index contributed by atoms with van der Waals surface area (Å²) in [6, 6.07) is 0. The highest BCUT2D eigenvalue weighted by molar-refractivity contribution is 7.98. The van der Waals surface area contributed by atoms with Crippen LogP contribution in [0.1, 0.15) is 0 Å². The number of aromatic amines is 2. The molecule has 12 heavy (non-hydrogen) atoms. The average Bonchev–Trinajstić information content (AvgIpc) is 2.52. The second-order valence-electron chi connectivity index (χ2n) is 2.07. The normalized spacial score (nSPS) is 10.8. The lowest BCUT2D eigenvalue weighted by molar-refractivity contribution is 0.945. The first kappa shape index (κ1) is 7.29. The van der Waals surface area contributed by atoms with E-state index in [1.165, 1.54) is 11.8 Å². The summed E-state index contributed by atoms with van der Waals surface area (Å²) < 4.78 is 0. The molecule has 6 nitrogen and oxygen atoms in total. The predicted octanol–water partition coefficient (Wildman–Crippen LogP) is -0.237. The molecule has 2 N–H and O–H groups in total. The van der Waals surface area contributed by atoms with Gasteiger partial charge in [-0.2, -0.15) is 5.21 Å². The Morgan fingerprint density at radius 1 is 1.42 bits per heavy atom. The Bertz CT molecular complexity index is 460. The summed E-state index contributed by atoms with van der Waals surface area (Å²) in [6.45, 7) is 0. The third-order valence-electron chi connectivity index (χ3n) is 1.37. The fourth-order valence-electron chi connectivity index (χ4n) is 0.833. The van der Waals surface area contributed by atoms with Gasteiger partial charge in [0.1, 0.15) is 0 Å². The van der Waals surface area contributed by atoms with E-state index in [2.05, 4.69) is 25.4 Å². The van der Waals surface area contributed by atoms with Crippen molar-refractivity contribution in [3.05, 3.63) is 10.4 Å². The van der Waals surface area contributed by atoms with Crippen molar-refractivity contribution in [3.8, 4) is 0 Å². The summed E-state index contributed by atoms with van der Waals surface area (Å²) in [5, 5.41) is 10.2. The zero-order valence-electron chi connectivity index (χ0n) is 6.16. The van der Waals surface area contributed by atoms with Crippen LogP contribution < -0.4 is 5.56 Å². The van der Waals surface area contributed by atoms with Crippen molar-refractivity contribution in [2.45, 2.75) is 5.16 Å². The standard InChI is InChI=1S/C5H5N5OS/c1-12-5-6-3-2(4(11)7-5)8-10-9-3/h1H3,(H2,6,7,8,9,10,11). The van der Waals surface area contributed by atoms with Crippen molar-refractivity contribution in [2.75, 3.05) is 6.26 Å². The van der Waals surface area contributed by atoms with Crippen molar-refractivity contribution >= 4 is 22.9 Å². The lowest BCUT2D eigenvalue weighted by Crippen LogP contribution is -2.08. The molecule has 0 aliphatic carbocycles. The van der Waals surface area contributed by atoms with Crippen LogP contribution in [0.2, 0.25) is 0 Å². The van der Waals surface area contributed by atoms with Gasteiger partial charge in [0.05, 0.1) is 0 Å². The van der Waals surface area contributed by atoms with Crippen LogP contribution in [0.25, 0.3) is 11.2 Å². The molecule has 0 spiro atoms. The molecule has 0 radical (unpaired) electrons. The highest BCUT2D eigenvalue weighted by atomic mass is 32.2. The highest BCUT2D eigenvalue weighted by Crippen LogP contribution is 2.07. The molecule has 0 bridgehead atoms. The Morgan fingerprint density at radius 2 is 2.25 bits per heavy atom. The summed E-state index contributed by atoms with van der Waals surface area (Å²) in [5.74, 6) is 0. The minimum Gasteiger partial charge on any atom is -0.299 e. The molecule has 0 atom stereocenters. The van der Waals surface area contributed by atoms with E-state index < -0.39 is 0 Å². The molecule has 2 heterocycles. The third kappa shape index (κ3) is 0.981. The third-order valence-corrected chi connectivity index (χ3v) is 1.95. The molecule has 0 saturated heterocycles. The minimum atomic E-state index is -0.266.